The van der Waals surface area contributed by atoms with Crippen molar-refractivity contribution in [2.75, 3.05) is 19.8 Å². The molecule has 2 aliphatic heterocycles. The van der Waals surface area contributed by atoms with Gasteiger partial charge >= 0.3 is 7.12 Å². The third-order valence-electron chi connectivity index (χ3n) is 4.30. The van der Waals surface area contributed by atoms with E-state index < -0.39 is 7.12 Å². The van der Waals surface area contributed by atoms with Crippen molar-refractivity contribution in [1.82, 2.24) is 9.55 Å². The van der Waals surface area contributed by atoms with Gasteiger partial charge in [-0.05, 0) is 27.7 Å². The van der Waals surface area contributed by atoms with Gasteiger partial charge in [0.15, 0.2) is 6.23 Å². The van der Waals surface area contributed by atoms with Crippen LogP contribution in [-0.2, 0) is 18.8 Å². The largest absolute Gasteiger partial charge is 0.514 e. The molecular weight excluding hydrogens is 259 g/mol. The van der Waals surface area contributed by atoms with E-state index in [9.17, 15) is 0 Å². The fourth-order valence-corrected chi connectivity index (χ4v) is 2.34. The average Bonchev–Trinajstić information content (AvgIpc) is 2.94. The van der Waals surface area contributed by atoms with Crippen molar-refractivity contribution in [2.45, 2.75) is 45.1 Å². The highest BCUT2D eigenvalue weighted by molar-refractivity contribution is 6.61. The maximum absolute atomic E-state index is 6.06. The summed E-state index contributed by atoms with van der Waals surface area (Å²) in [6, 6.07) is 0. The Kier molecular flexibility index (Phi) is 3.40. The first-order valence-electron chi connectivity index (χ1n) is 6.97. The van der Waals surface area contributed by atoms with E-state index in [1.165, 1.54) is 0 Å². The number of rotatable bonds is 2. The maximum Gasteiger partial charge on any atom is 0.514 e. The summed E-state index contributed by atoms with van der Waals surface area (Å²) in [7, 11) is -0.437. The van der Waals surface area contributed by atoms with Gasteiger partial charge < -0.3 is 23.3 Å². The molecule has 1 unspecified atom stereocenters. The van der Waals surface area contributed by atoms with Crippen LogP contribution in [0, 0.1) is 0 Å². The van der Waals surface area contributed by atoms with Gasteiger partial charge in [-0.1, -0.05) is 0 Å². The van der Waals surface area contributed by atoms with Gasteiger partial charge in [0.25, 0.3) is 0 Å². The Morgan fingerprint density at radius 1 is 1.20 bits per heavy atom. The number of hydrogen-bond acceptors (Lipinski definition) is 5. The molecule has 3 rings (SSSR count). The van der Waals surface area contributed by atoms with Gasteiger partial charge in [-0.25, -0.2) is 4.98 Å². The first-order valence-corrected chi connectivity index (χ1v) is 6.97. The van der Waals surface area contributed by atoms with Crippen LogP contribution in [0.1, 0.15) is 33.9 Å². The van der Waals surface area contributed by atoms with Crippen LogP contribution in [0.25, 0.3) is 0 Å². The summed E-state index contributed by atoms with van der Waals surface area (Å²) in [5.74, 6) is 0. The summed E-state index contributed by atoms with van der Waals surface area (Å²) in [6.07, 6.45) is 3.33. The van der Waals surface area contributed by atoms with E-state index in [0.717, 1.165) is 5.59 Å². The molecule has 0 aliphatic carbocycles. The summed E-state index contributed by atoms with van der Waals surface area (Å²) >= 11 is 0. The van der Waals surface area contributed by atoms with Crippen LogP contribution in [0.2, 0.25) is 0 Å². The maximum atomic E-state index is 6.06. The lowest BCUT2D eigenvalue weighted by Gasteiger charge is -2.32. The smallest absolute Gasteiger partial charge is 0.398 e. The summed E-state index contributed by atoms with van der Waals surface area (Å²) < 4.78 is 25.2. The Labute approximate surface area is 119 Å². The highest BCUT2D eigenvalue weighted by Crippen LogP contribution is 2.36. The van der Waals surface area contributed by atoms with E-state index in [1.54, 1.807) is 12.5 Å². The average molecular weight is 280 g/mol. The topological polar surface area (TPSA) is 54.7 Å². The highest BCUT2D eigenvalue weighted by Gasteiger charge is 2.53. The third-order valence-corrected chi connectivity index (χ3v) is 4.30. The minimum absolute atomic E-state index is 0.166. The van der Waals surface area contributed by atoms with Crippen LogP contribution in [0.15, 0.2) is 12.5 Å². The quantitative estimate of drug-likeness (QED) is 0.747. The summed E-state index contributed by atoms with van der Waals surface area (Å²) in [5.41, 5.74) is 0.132. The molecule has 1 atom stereocenters. The van der Waals surface area contributed by atoms with Gasteiger partial charge in [0.1, 0.15) is 0 Å². The zero-order valence-corrected chi connectivity index (χ0v) is 12.5. The molecular formula is C13H21BN2O4. The van der Waals surface area contributed by atoms with Gasteiger partial charge in [-0.15, -0.1) is 0 Å². The van der Waals surface area contributed by atoms with Gasteiger partial charge in [-0.2, -0.15) is 0 Å². The minimum atomic E-state index is -0.437. The fourth-order valence-electron chi connectivity index (χ4n) is 2.34. The molecule has 2 fully saturated rings. The minimum Gasteiger partial charge on any atom is -0.398 e. The Bertz CT molecular complexity index is 466. The molecule has 0 spiro atoms. The Hall–Kier alpha value is -0.885. The van der Waals surface area contributed by atoms with Crippen LogP contribution in [0.5, 0.6) is 0 Å². The first-order chi connectivity index (χ1) is 9.41. The molecule has 6 nitrogen and oxygen atoms in total. The second kappa shape index (κ2) is 4.84. The van der Waals surface area contributed by atoms with Crippen LogP contribution in [-0.4, -0.2) is 47.7 Å². The van der Waals surface area contributed by atoms with Gasteiger partial charge in [0, 0.05) is 6.20 Å². The first kappa shape index (κ1) is 14.1. The van der Waals surface area contributed by atoms with E-state index in [-0.39, 0.29) is 17.4 Å². The molecule has 0 radical (unpaired) electrons. The molecule has 0 aromatic carbocycles. The number of nitrogens with zero attached hydrogens (tertiary/aromatic N) is 2. The highest BCUT2D eigenvalue weighted by atomic mass is 16.7. The molecule has 3 heterocycles. The Morgan fingerprint density at radius 2 is 1.90 bits per heavy atom. The molecule has 0 N–H and O–H groups in total. The second-order valence-electron chi connectivity index (χ2n) is 6.21. The molecule has 0 amide bonds. The molecule has 1 aromatic rings. The van der Waals surface area contributed by atoms with Crippen molar-refractivity contribution < 1.29 is 18.8 Å². The summed E-state index contributed by atoms with van der Waals surface area (Å²) in [6.45, 7) is 9.88. The summed E-state index contributed by atoms with van der Waals surface area (Å²) in [5, 5.41) is 0. The van der Waals surface area contributed by atoms with Gasteiger partial charge in [0.2, 0.25) is 0 Å². The van der Waals surface area contributed by atoms with E-state index in [4.69, 9.17) is 18.8 Å². The van der Waals surface area contributed by atoms with Crippen LogP contribution in [0.3, 0.4) is 0 Å². The van der Waals surface area contributed by atoms with Crippen LogP contribution < -0.4 is 5.59 Å². The molecule has 0 bridgehead atoms. The monoisotopic (exact) mass is 280 g/mol. The predicted octanol–water partition coefficient (Wildman–Crippen LogP) is 0.728. The summed E-state index contributed by atoms with van der Waals surface area (Å²) in [4.78, 5) is 4.20. The lowest BCUT2D eigenvalue weighted by molar-refractivity contribution is -0.121. The Morgan fingerprint density at radius 3 is 2.50 bits per heavy atom. The van der Waals surface area contributed by atoms with Crippen molar-refractivity contribution in [3.63, 3.8) is 0 Å². The van der Waals surface area contributed by atoms with Crippen molar-refractivity contribution in [1.29, 1.82) is 0 Å². The molecule has 2 saturated heterocycles. The number of imidazole rings is 1. The van der Waals surface area contributed by atoms with Crippen LogP contribution in [0.4, 0.5) is 0 Å². The van der Waals surface area contributed by atoms with Gasteiger partial charge in [0.05, 0.1) is 42.9 Å². The molecule has 1 aromatic heterocycles. The van der Waals surface area contributed by atoms with Crippen molar-refractivity contribution >= 4 is 12.7 Å². The standard InChI is InChI=1S/C13H21BN2O4/c1-12(2)13(3,4)20-14(19-12)10-7-15-9-16(10)11-8-17-5-6-18-11/h7,9,11H,5-6,8H2,1-4H3. The van der Waals surface area contributed by atoms with E-state index in [2.05, 4.69) is 4.98 Å². The van der Waals surface area contributed by atoms with Crippen molar-refractivity contribution in [2.24, 2.45) is 0 Å². The van der Waals surface area contributed by atoms with Crippen molar-refractivity contribution in [3.05, 3.63) is 12.5 Å². The van der Waals surface area contributed by atoms with E-state index in [1.807, 2.05) is 32.3 Å². The Balaban J connectivity index is 1.84. The van der Waals surface area contributed by atoms with Gasteiger partial charge in [-0.3, -0.25) is 0 Å². The normalized spacial score (nSPS) is 28.8. The zero-order valence-electron chi connectivity index (χ0n) is 12.5. The SMILES string of the molecule is CC1(C)OB(c2cncn2C2COCCO2)OC1(C)C. The second-order valence-corrected chi connectivity index (χ2v) is 6.21. The number of ether oxygens (including phenoxy) is 2. The fraction of sp³-hybridized carbons (Fsp3) is 0.769. The zero-order chi connectivity index (χ0) is 14.4. The molecule has 20 heavy (non-hydrogen) atoms. The molecule has 0 saturated carbocycles. The molecule has 2 aliphatic rings. The lowest BCUT2D eigenvalue weighted by atomic mass is 9.85. The molecule has 7 heteroatoms. The van der Waals surface area contributed by atoms with Crippen molar-refractivity contribution in [3.8, 4) is 0 Å². The lowest BCUT2D eigenvalue weighted by Crippen LogP contribution is -2.42. The third kappa shape index (κ3) is 2.28. The number of aromatic nitrogens is 2. The molecule has 110 valence electrons. The van der Waals surface area contributed by atoms with Crippen LogP contribution >= 0.6 is 0 Å². The van der Waals surface area contributed by atoms with E-state index >= 15 is 0 Å². The predicted molar refractivity (Wildman–Crippen MR) is 73.8 cm³/mol. The number of hydrogen-bond donors (Lipinski definition) is 0. The van der Waals surface area contributed by atoms with E-state index in [0.29, 0.717) is 19.8 Å².